The van der Waals surface area contributed by atoms with Crippen LogP contribution in [0.3, 0.4) is 0 Å². The fourth-order valence-electron chi connectivity index (χ4n) is 2.77. The van der Waals surface area contributed by atoms with Gasteiger partial charge >= 0.3 is 6.03 Å². The largest absolute Gasteiger partial charge is 0.497 e. The third kappa shape index (κ3) is 4.09. The maximum Gasteiger partial charge on any atom is 0.318 e. The van der Waals surface area contributed by atoms with E-state index >= 15 is 0 Å². The van der Waals surface area contributed by atoms with Crippen molar-refractivity contribution in [2.45, 2.75) is 45.3 Å². The number of urea groups is 1. The first-order valence-corrected chi connectivity index (χ1v) is 8.77. The molecule has 0 saturated heterocycles. The number of hydrogen-bond acceptors (Lipinski definition) is 5. The molecule has 0 radical (unpaired) electrons. The highest BCUT2D eigenvalue weighted by atomic mass is 16.5. The summed E-state index contributed by atoms with van der Waals surface area (Å²) in [5.74, 6) is 1.94. The average Bonchev–Trinajstić information content (AvgIpc) is 3.36. The number of carbonyl (C=O) groups is 1. The van der Waals surface area contributed by atoms with Crippen LogP contribution in [0.4, 0.5) is 4.79 Å². The van der Waals surface area contributed by atoms with Crippen molar-refractivity contribution in [2.75, 3.05) is 14.2 Å². The lowest BCUT2D eigenvalue weighted by atomic mass is 10.1. The summed E-state index contributed by atoms with van der Waals surface area (Å²) in [5, 5.41) is 7.09. The molecule has 0 atom stereocenters. The number of rotatable bonds is 7. The van der Waals surface area contributed by atoms with Gasteiger partial charge in [-0.15, -0.1) is 0 Å². The topological polar surface area (TPSA) is 76.8 Å². The summed E-state index contributed by atoms with van der Waals surface area (Å²) in [5.41, 5.74) is 1.50. The van der Waals surface area contributed by atoms with Gasteiger partial charge in [0.05, 0.1) is 26.3 Å². The van der Waals surface area contributed by atoms with Crippen molar-refractivity contribution < 1.29 is 18.8 Å². The zero-order chi connectivity index (χ0) is 18.7. The van der Waals surface area contributed by atoms with Crippen LogP contribution >= 0.6 is 0 Å². The van der Waals surface area contributed by atoms with Crippen molar-refractivity contribution in [2.24, 2.45) is 0 Å². The molecule has 0 spiro atoms. The predicted molar refractivity (Wildman–Crippen MR) is 97.3 cm³/mol. The Morgan fingerprint density at radius 1 is 1.31 bits per heavy atom. The molecule has 1 aromatic carbocycles. The standard InChI is InChI=1S/C19H25N3O4/c1-12(2)20-19(23)22(14-5-6-14)11-13-9-18(26-21-13)16-8-7-15(24-3)10-17(16)25-4/h7-10,12,14H,5-6,11H2,1-4H3,(H,20,23). The minimum Gasteiger partial charge on any atom is -0.497 e. The Hall–Kier alpha value is -2.70. The number of nitrogens with one attached hydrogen (secondary N) is 1. The minimum absolute atomic E-state index is 0.0610. The zero-order valence-electron chi connectivity index (χ0n) is 15.6. The van der Waals surface area contributed by atoms with Crippen molar-refractivity contribution >= 4 is 6.03 Å². The maximum atomic E-state index is 12.4. The van der Waals surface area contributed by atoms with Crippen molar-refractivity contribution in [3.63, 3.8) is 0 Å². The van der Waals surface area contributed by atoms with Gasteiger partial charge in [-0.25, -0.2) is 4.79 Å². The Balaban J connectivity index is 1.78. The van der Waals surface area contributed by atoms with E-state index in [9.17, 15) is 4.79 Å². The number of amides is 2. The molecule has 3 rings (SSSR count). The molecule has 0 aliphatic heterocycles. The fourth-order valence-corrected chi connectivity index (χ4v) is 2.77. The van der Waals surface area contributed by atoms with Crippen LogP contribution in [0.15, 0.2) is 28.8 Å². The van der Waals surface area contributed by atoms with E-state index in [1.807, 2.05) is 36.9 Å². The van der Waals surface area contributed by atoms with E-state index in [2.05, 4.69) is 10.5 Å². The monoisotopic (exact) mass is 359 g/mol. The summed E-state index contributed by atoms with van der Waals surface area (Å²) >= 11 is 0. The first kappa shape index (κ1) is 18.1. The molecule has 140 valence electrons. The molecule has 7 heteroatoms. The van der Waals surface area contributed by atoms with Gasteiger partial charge in [-0.3, -0.25) is 0 Å². The van der Waals surface area contributed by atoms with Crippen molar-refractivity contribution in [3.05, 3.63) is 30.0 Å². The molecule has 1 heterocycles. The van der Waals surface area contributed by atoms with E-state index in [4.69, 9.17) is 14.0 Å². The van der Waals surface area contributed by atoms with Crippen LogP contribution in [0.5, 0.6) is 11.5 Å². The van der Waals surface area contributed by atoms with Crippen LogP contribution in [-0.2, 0) is 6.54 Å². The second kappa shape index (κ2) is 7.68. The Morgan fingerprint density at radius 2 is 2.08 bits per heavy atom. The number of benzene rings is 1. The average molecular weight is 359 g/mol. The molecule has 1 aliphatic carbocycles. The lowest BCUT2D eigenvalue weighted by Crippen LogP contribution is -2.43. The lowest BCUT2D eigenvalue weighted by Gasteiger charge is -2.23. The number of carbonyl (C=O) groups excluding carboxylic acids is 1. The van der Waals surface area contributed by atoms with Crippen LogP contribution in [0.1, 0.15) is 32.4 Å². The van der Waals surface area contributed by atoms with E-state index in [1.165, 1.54) is 0 Å². The Bertz CT molecular complexity index is 768. The van der Waals surface area contributed by atoms with E-state index in [0.717, 1.165) is 18.4 Å². The molecule has 1 aromatic heterocycles. The molecule has 1 saturated carbocycles. The van der Waals surface area contributed by atoms with Crippen LogP contribution in [0.25, 0.3) is 11.3 Å². The van der Waals surface area contributed by atoms with Gasteiger partial charge in [0.25, 0.3) is 0 Å². The number of aromatic nitrogens is 1. The Labute approximate surface area is 153 Å². The van der Waals surface area contributed by atoms with Gasteiger partial charge in [0.15, 0.2) is 5.76 Å². The second-order valence-corrected chi connectivity index (χ2v) is 6.71. The normalized spacial score (nSPS) is 13.6. The van der Waals surface area contributed by atoms with Crippen LogP contribution < -0.4 is 14.8 Å². The Morgan fingerprint density at radius 3 is 2.69 bits per heavy atom. The second-order valence-electron chi connectivity index (χ2n) is 6.71. The van der Waals surface area contributed by atoms with Crippen molar-refractivity contribution in [1.29, 1.82) is 0 Å². The third-order valence-corrected chi connectivity index (χ3v) is 4.23. The highest BCUT2D eigenvalue weighted by molar-refractivity contribution is 5.75. The van der Waals surface area contributed by atoms with Crippen molar-refractivity contribution in [3.8, 4) is 22.8 Å². The van der Waals surface area contributed by atoms with Crippen LogP contribution in [-0.4, -0.2) is 42.4 Å². The number of ether oxygens (including phenoxy) is 2. The summed E-state index contributed by atoms with van der Waals surface area (Å²) in [7, 11) is 3.20. The van der Waals surface area contributed by atoms with Gasteiger partial charge in [-0.2, -0.15) is 0 Å². The molecule has 1 aliphatic rings. The highest BCUT2D eigenvalue weighted by Gasteiger charge is 2.33. The molecule has 0 bridgehead atoms. The first-order valence-electron chi connectivity index (χ1n) is 8.77. The van der Waals surface area contributed by atoms with E-state index in [0.29, 0.717) is 29.5 Å². The zero-order valence-corrected chi connectivity index (χ0v) is 15.6. The minimum atomic E-state index is -0.0610. The molecule has 2 amide bonds. The van der Waals surface area contributed by atoms with Gasteiger partial charge in [0, 0.05) is 24.2 Å². The summed E-state index contributed by atoms with van der Waals surface area (Å²) < 4.78 is 16.1. The molecule has 1 N–H and O–H groups in total. The molecule has 26 heavy (non-hydrogen) atoms. The predicted octanol–water partition coefficient (Wildman–Crippen LogP) is 3.44. The molecule has 2 aromatic rings. The summed E-state index contributed by atoms with van der Waals surface area (Å²) in [6.45, 7) is 4.32. The maximum absolute atomic E-state index is 12.4. The van der Waals surface area contributed by atoms with Crippen molar-refractivity contribution in [1.82, 2.24) is 15.4 Å². The van der Waals surface area contributed by atoms with Gasteiger partial charge in [0.2, 0.25) is 0 Å². The van der Waals surface area contributed by atoms with Gasteiger partial charge in [0.1, 0.15) is 17.2 Å². The first-order chi connectivity index (χ1) is 12.5. The molecule has 1 fully saturated rings. The third-order valence-electron chi connectivity index (χ3n) is 4.23. The van der Waals surface area contributed by atoms with Gasteiger partial charge < -0.3 is 24.2 Å². The SMILES string of the molecule is COc1ccc(-c2cc(CN(C(=O)NC(C)C)C3CC3)no2)c(OC)c1. The highest BCUT2D eigenvalue weighted by Crippen LogP contribution is 2.34. The van der Waals surface area contributed by atoms with E-state index < -0.39 is 0 Å². The van der Waals surface area contributed by atoms with E-state index in [1.54, 1.807) is 20.3 Å². The summed E-state index contributed by atoms with van der Waals surface area (Å²) in [6, 6.07) is 7.67. The lowest BCUT2D eigenvalue weighted by molar-refractivity contribution is 0.188. The van der Waals surface area contributed by atoms with E-state index in [-0.39, 0.29) is 18.1 Å². The quantitative estimate of drug-likeness (QED) is 0.819. The number of hydrogen-bond donors (Lipinski definition) is 1. The van der Waals surface area contributed by atoms with Gasteiger partial charge in [-0.05, 0) is 38.8 Å². The molecular formula is C19H25N3O4. The van der Waals surface area contributed by atoms with Crippen LogP contribution in [0.2, 0.25) is 0 Å². The van der Waals surface area contributed by atoms with Crippen LogP contribution in [0, 0.1) is 0 Å². The number of nitrogens with zero attached hydrogens (tertiary/aromatic N) is 2. The fraction of sp³-hybridized carbons (Fsp3) is 0.474. The Kier molecular flexibility index (Phi) is 5.35. The smallest absolute Gasteiger partial charge is 0.318 e. The number of methoxy groups -OCH3 is 2. The summed E-state index contributed by atoms with van der Waals surface area (Å²) in [6.07, 6.45) is 2.06. The molecule has 7 nitrogen and oxygen atoms in total. The van der Waals surface area contributed by atoms with Gasteiger partial charge in [-0.1, -0.05) is 5.16 Å². The molecular weight excluding hydrogens is 334 g/mol. The molecule has 0 unspecified atom stereocenters. The summed E-state index contributed by atoms with van der Waals surface area (Å²) in [4.78, 5) is 14.2.